The maximum absolute atomic E-state index is 12.8. The fourth-order valence-corrected chi connectivity index (χ4v) is 2.96. The molecule has 0 aliphatic carbocycles. The number of anilines is 1. The van der Waals surface area contributed by atoms with Gasteiger partial charge in [0.2, 0.25) is 11.8 Å². The second-order valence-corrected chi connectivity index (χ2v) is 5.48. The number of hydrogen-bond donors (Lipinski definition) is 0. The first-order chi connectivity index (χ1) is 10.4. The van der Waals surface area contributed by atoms with Crippen LogP contribution in [0.3, 0.4) is 0 Å². The maximum atomic E-state index is 12.8. The Hall–Kier alpha value is -1.89. The second-order valence-electron chi connectivity index (χ2n) is 5.48. The van der Waals surface area contributed by atoms with E-state index in [1.54, 1.807) is 0 Å². The Balaban J connectivity index is 1.88. The van der Waals surface area contributed by atoms with Crippen LogP contribution in [-0.4, -0.2) is 24.5 Å². The zero-order valence-electron chi connectivity index (χ0n) is 11.6. The third-order valence-electron chi connectivity index (χ3n) is 4.03. The molecular formula is C15H14F3NO3. The standard InChI is InChI=1S/C15H14F3NO3/c16-15(17,18)9-3-1-4-10(7-9)19-13(20)8-11(14(19)21)12-5-2-6-22-12/h1,3-4,7,11-12H,2,5-6,8H2/t11-,12+/m0/s1. The molecule has 118 valence electrons. The number of carbonyl (C=O) groups excluding carboxylic acids is 2. The molecule has 22 heavy (non-hydrogen) atoms. The van der Waals surface area contributed by atoms with E-state index in [9.17, 15) is 22.8 Å². The first-order valence-electron chi connectivity index (χ1n) is 7.03. The summed E-state index contributed by atoms with van der Waals surface area (Å²) in [7, 11) is 0. The van der Waals surface area contributed by atoms with Gasteiger partial charge in [0, 0.05) is 13.0 Å². The molecule has 1 aromatic rings. The van der Waals surface area contributed by atoms with Gasteiger partial charge in [0.15, 0.2) is 0 Å². The predicted octanol–water partition coefficient (Wildman–Crippen LogP) is 2.76. The van der Waals surface area contributed by atoms with Gasteiger partial charge in [-0.3, -0.25) is 14.5 Å². The van der Waals surface area contributed by atoms with Crippen LogP contribution in [-0.2, 0) is 20.5 Å². The number of benzene rings is 1. The molecule has 2 aliphatic rings. The van der Waals surface area contributed by atoms with Crippen molar-refractivity contribution in [1.82, 2.24) is 0 Å². The van der Waals surface area contributed by atoms with Crippen molar-refractivity contribution in [2.75, 3.05) is 11.5 Å². The molecule has 1 aromatic carbocycles. The average molecular weight is 313 g/mol. The Morgan fingerprint density at radius 1 is 1.23 bits per heavy atom. The number of nitrogens with zero attached hydrogens (tertiary/aromatic N) is 1. The highest BCUT2D eigenvalue weighted by Gasteiger charge is 2.45. The SMILES string of the molecule is O=C1C[C@@H]([C@H]2CCCO2)C(=O)N1c1cccc(C(F)(F)F)c1. The molecule has 0 saturated carbocycles. The molecule has 2 atom stereocenters. The van der Waals surface area contributed by atoms with Crippen LogP contribution in [0, 0.1) is 5.92 Å². The molecule has 2 aliphatic heterocycles. The molecule has 0 bridgehead atoms. The predicted molar refractivity (Wildman–Crippen MR) is 71.0 cm³/mol. The number of carbonyl (C=O) groups is 2. The van der Waals surface area contributed by atoms with Crippen molar-refractivity contribution in [3.8, 4) is 0 Å². The number of ether oxygens (including phenoxy) is 1. The minimum absolute atomic E-state index is 0.0141. The first-order valence-corrected chi connectivity index (χ1v) is 7.03. The van der Waals surface area contributed by atoms with Crippen molar-refractivity contribution >= 4 is 17.5 Å². The van der Waals surface area contributed by atoms with Gasteiger partial charge in [0.05, 0.1) is 23.3 Å². The minimum Gasteiger partial charge on any atom is -0.377 e. The van der Waals surface area contributed by atoms with Crippen molar-refractivity contribution in [3.05, 3.63) is 29.8 Å². The molecule has 0 N–H and O–H groups in total. The number of alkyl halides is 3. The smallest absolute Gasteiger partial charge is 0.377 e. The lowest BCUT2D eigenvalue weighted by molar-refractivity contribution is -0.137. The lowest BCUT2D eigenvalue weighted by atomic mass is 9.98. The Bertz CT molecular complexity index is 608. The fraction of sp³-hybridized carbons (Fsp3) is 0.467. The third kappa shape index (κ3) is 2.61. The molecule has 0 radical (unpaired) electrons. The van der Waals surface area contributed by atoms with E-state index in [2.05, 4.69) is 0 Å². The van der Waals surface area contributed by atoms with Crippen LogP contribution in [0.5, 0.6) is 0 Å². The minimum atomic E-state index is -4.52. The van der Waals surface area contributed by atoms with Crippen LogP contribution in [0.1, 0.15) is 24.8 Å². The maximum Gasteiger partial charge on any atom is 0.416 e. The van der Waals surface area contributed by atoms with Crippen LogP contribution in [0.15, 0.2) is 24.3 Å². The van der Waals surface area contributed by atoms with Gasteiger partial charge in [0.25, 0.3) is 0 Å². The fourth-order valence-electron chi connectivity index (χ4n) is 2.96. The van der Waals surface area contributed by atoms with E-state index >= 15 is 0 Å². The molecular weight excluding hydrogens is 299 g/mol. The van der Waals surface area contributed by atoms with Gasteiger partial charge in [-0.25, -0.2) is 0 Å². The number of imide groups is 1. The van der Waals surface area contributed by atoms with Gasteiger partial charge in [-0.15, -0.1) is 0 Å². The van der Waals surface area contributed by atoms with E-state index in [0.29, 0.717) is 13.0 Å². The zero-order chi connectivity index (χ0) is 15.9. The summed E-state index contributed by atoms with van der Waals surface area (Å²) in [5.74, 6) is -1.55. The van der Waals surface area contributed by atoms with E-state index in [0.717, 1.165) is 23.5 Å². The summed E-state index contributed by atoms with van der Waals surface area (Å²) in [6.45, 7) is 0.548. The molecule has 2 amide bonds. The van der Waals surface area contributed by atoms with Crippen molar-refractivity contribution < 1.29 is 27.5 Å². The van der Waals surface area contributed by atoms with E-state index in [1.165, 1.54) is 12.1 Å². The van der Waals surface area contributed by atoms with Crippen LogP contribution < -0.4 is 4.90 Å². The summed E-state index contributed by atoms with van der Waals surface area (Å²) in [4.78, 5) is 25.3. The number of rotatable bonds is 2. The highest BCUT2D eigenvalue weighted by atomic mass is 19.4. The molecule has 0 unspecified atom stereocenters. The molecule has 0 aromatic heterocycles. The lowest BCUT2D eigenvalue weighted by Gasteiger charge is -2.18. The molecule has 3 rings (SSSR count). The van der Waals surface area contributed by atoms with Gasteiger partial charge in [-0.1, -0.05) is 6.07 Å². The van der Waals surface area contributed by atoms with E-state index in [4.69, 9.17) is 4.74 Å². The Labute approximate surface area is 124 Å². The van der Waals surface area contributed by atoms with E-state index in [1.807, 2.05) is 0 Å². The largest absolute Gasteiger partial charge is 0.416 e. The monoisotopic (exact) mass is 313 g/mol. The highest BCUT2D eigenvalue weighted by molar-refractivity contribution is 6.21. The number of halogens is 3. The van der Waals surface area contributed by atoms with Crippen LogP contribution >= 0.6 is 0 Å². The van der Waals surface area contributed by atoms with Gasteiger partial charge < -0.3 is 4.74 Å². The van der Waals surface area contributed by atoms with Crippen molar-refractivity contribution in [2.45, 2.75) is 31.5 Å². The third-order valence-corrected chi connectivity index (χ3v) is 4.03. The highest BCUT2D eigenvalue weighted by Crippen LogP contribution is 2.36. The quantitative estimate of drug-likeness (QED) is 0.789. The van der Waals surface area contributed by atoms with Gasteiger partial charge >= 0.3 is 6.18 Å². The summed E-state index contributed by atoms with van der Waals surface area (Å²) in [5.41, 5.74) is -0.920. The molecule has 7 heteroatoms. The molecule has 0 spiro atoms. The topological polar surface area (TPSA) is 46.6 Å². The Kier molecular flexibility index (Phi) is 3.68. The van der Waals surface area contributed by atoms with Gasteiger partial charge in [-0.05, 0) is 31.0 Å². The summed E-state index contributed by atoms with van der Waals surface area (Å²) in [6.07, 6.45) is -3.32. The average Bonchev–Trinajstić information content (AvgIpc) is 3.06. The number of amides is 2. The molecule has 2 saturated heterocycles. The zero-order valence-corrected chi connectivity index (χ0v) is 11.6. The van der Waals surface area contributed by atoms with Crippen molar-refractivity contribution in [1.29, 1.82) is 0 Å². The second kappa shape index (κ2) is 5.39. The summed E-state index contributed by atoms with van der Waals surface area (Å²) in [5, 5.41) is 0. The first kappa shape index (κ1) is 15.0. The molecule has 4 nitrogen and oxygen atoms in total. The normalized spacial score (nSPS) is 26.0. The number of hydrogen-bond acceptors (Lipinski definition) is 3. The van der Waals surface area contributed by atoms with Crippen molar-refractivity contribution in [2.24, 2.45) is 5.92 Å². The van der Waals surface area contributed by atoms with Crippen LogP contribution in [0.4, 0.5) is 18.9 Å². The summed E-state index contributed by atoms with van der Waals surface area (Å²) in [6, 6.07) is 4.26. The summed E-state index contributed by atoms with van der Waals surface area (Å²) >= 11 is 0. The molecule has 2 heterocycles. The Morgan fingerprint density at radius 2 is 2.00 bits per heavy atom. The van der Waals surface area contributed by atoms with Crippen LogP contribution in [0.2, 0.25) is 0 Å². The van der Waals surface area contributed by atoms with Gasteiger partial charge in [0.1, 0.15) is 0 Å². The van der Waals surface area contributed by atoms with E-state index < -0.39 is 29.5 Å². The van der Waals surface area contributed by atoms with Crippen molar-refractivity contribution in [3.63, 3.8) is 0 Å². The summed E-state index contributed by atoms with van der Waals surface area (Å²) < 4.78 is 43.7. The Morgan fingerprint density at radius 3 is 2.64 bits per heavy atom. The van der Waals surface area contributed by atoms with Crippen LogP contribution in [0.25, 0.3) is 0 Å². The van der Waals surface area contributed by atoms with Gasteiger partial charge in [-0.2, -0.15) is 13.2 Å². The van der Waals surface area contributed by atoms with E-state index in [-0.39, 0.29) is 18.2 Å². The molecule has 2 fully saturated rings. The lowest BCUT2D eigenvalue weighted by Crippen LogP contribution is -2.33.